The first-order valence-electron chi connectivity index (χ1n) is 5.45. The Bertz CT molecular complexity index is 394. The number of benzene rings is 1. The van der Waals surface area contributed by atoms with Crippen molar-refractivity contribution in [3.63, 3.8) is 0 Å². The minimum Gasteiger partial charge on any atom is -0.355 e. The molecule has 0 radical (unpaired) electrons. The maximum atomic E-state index is 11.7. The van der Waals surface area contributed by atoms with Gasteiger partial charge in [0.05, 0.1) is 0 Å². The van der Waals surface area contributed by atoms with E-state index < -0.39 is 0 Å². The number of carbonyl (C=O) groups excluding carboxylic acids is 1. The molecule has 0 saturated heterocycles. The molecule has 0 aromatic heterocycles. The third-order valence-electron chi connectivity index (χ3n) is 2.85. The van der Waals surface area contributed by atoms with Crippen molar-refractivity contribution in [2.24, 2.45) is 11.7 Å². The Labute approximate surface area is 104 Å². The fourth-order valence-corrected chi connectivity index (χ4v) is 2.33. The van der Waals surface area contributed by atoms with Gasteiger partial charge in [0.2, 0.25) is 5.91 Å². The molecule has 2 atom stereocenters. The van der Waals surface area contributed by atoms with Crippen molar-refractivity contribution in [3.8, 4) is 0 Å². The molecule has 16 heavy (non-hydrogen) atoms. The van der Waals surface area contributed by atoms with Gasteiger partial charge in [0.25, 0.3) is 0 Å². The van der Waals surface area contributed by atoms with Gasteiger partial charge in [-0.05, 0) is 30.0 Å². The zero-order chi connectivity index (χ0) is 11.5. The van der Waals surface area contributed by atoms with Crippen LogP contribution in [0, 0.1) is 5.92 Å². The summed E-state index contributed by atoms with van der Waals surface area (Å²) < 4.78 is 1.07. The number of hydrogen-bond acceptors (Lipinski definition) is 2. The maximum absolute atomic E-state index is 11.7. The Hall–Kier alpha value is -0.870. The lowest BCUT2D eigenvalue weighted by Gasteiger charge is -2.03. The van der Waals surface area contributed by atoms with Crippen LogP contribution in [0.25, 0.3) is 0 Å². The molecule has 0 heterocycles. The molecule has 1 aromatic carbocycles. The third kappa shape index (κ3) is 2.62. The minimum absolute atomic E-state index is 0.135. The number of amides is 1. The molecular formula is C12H15BrN2O. The van der Waals surface area contributed by atoms with E-state index in [2.05, 4.69) is 33.4 Å². The van der Waals surface area contributed by atoms with E-state index in [1.165, 1.54) is 5.56 Å². The first-order chi connectivity index (χ1) is 7.72. The van der Waals surface area contributed by atoms with Gasteiger partial charge in [0, 0.05) is 23.5 Å². The predicted molar refractivity (Wildman–Crippen MR) is 67.1 cm³/mol. The zero-order valence-electron chi connectivity index (χ0n) is 8.95. The Balaban J connectivity index is 1.93. The topological polar surface area (TPSA) is 55.1 Å². The molecular weight excluding hydrogens is 268 g/mol. The molecule has 1 fully saturated rings. The van der Waals surface area contributed by atoms with Gasteiger partial charge in [0.15, 0.2) is 0 Å². The average Bonchev–Trinajstić information content (AvgIpc) is 3.06. The summed E-state index contributed by atoms with van der Waals surface area (Å²) in [4.78, 5) is 11.7. The van der Waals surface area contributed by atoms with Crippen LogP contribution in [0.15, 0.2) is 28.7 Å². The fraction of sp³-hybridized carbons (Fsp3) is 0.417. The molecule has 2 unspecified atom stereocenters. The smallest absolute Gasteiger partial charge is 0.223 e. The van der Waals surface area contributed by atoms with Crippen LogP contribution in [0.2, 0.25) is 0 Å². The van der Waals surface area contributed by atoms with Crippen molar-refractivity contribution in [1.82, 2.24) is 5.32 Å². The summed E-state index contributed by atoms with van der Waals surface area (Å²) in [6, 6.07) is 8.16. The van der Waals surface area contributed by atoms with E-state index in [1.807, 2.05) is 12.1 Å². The molecule has 3 N–H and O–H groups in total. The lowest BCUT2D eigenvalue weighted by atomic mass is 10.1. The highest BCUT2D eigenvalue weighted by Crippen LogP contribution is 2.47. The van der Waals surface area contributed by atoms with Crippen LogP contribution in [0.4, 0.5) is 0 Å². The third-order valence-corrected chi connectivity index (χ3v) is 3.34. The number of hydrogen-bond donors (Lipinski definition) is 2. The maximum Gasteiger partial charge on any atom is 0.223 e. The molecule has 1 aromatic rings. The number of halogens is 1. The quantitative estimate of drug-likeness (QED) is 0.882. The van der Waals surface area contributed by atoms with Gasteiger partial charge < -0.3 is 11.1 Å². The molecule has 1 aliphatic rings. The summed E-state index contributed by atoms with van der Waals surface area (Å²) in [7, 11) is 0. The van der Waals surface area contributed by atoms with E-state index in [0.29, 0.717) is 19.0 Å². The Kier molecular flexibility index (Phi) is 3.61. The molecule has 0 aliphatic heterocycles. The van der Waals surface area contributed by atoms with Crippen molar-refractivity contribution in [3.05, 3.63) is 34.3 Å². The predicted octanol–water partition coefficient (Wildman–Crippen LogP) is 1.63. The second-order valence-corrected chi connectivity index (χ2v) is 5.00. The van der Waals surface area contributed by atoms with E-state index in [0.717, 1.165) is 10.9 Å². The highest BCUT2D eigenvalue weighted by atomic mass is 79.9. The van der Waals surface area contributed by atoms with E-state index in [-0.39, 0.29) is 11.8 Å². The number of carbonyl (C=O) groups is 1. The largest absolute Gasteiger partial charge is 0.355 e. The number of rotatable bonds is 4. The molecule has 86 valence electrons. The molecule has 1 saturated carbocycles. The Morgan fingerprint density at radius 2 is 2.38 bits per heavy atom. The van der Waals surface area contributed by atoms with Crippen LogP contribution >= 0.6 is 15.9 Å². The summed E-state index contributed by atoms with van der Waals surface area (Å²) in [5.41, 5.74) is 6.58. The fourth-order valence-electron chi connectivity index (χ4n) is 1.92. The van der Waals surface area contributed by atoms with Crippen LogP contribution in [0.1, 0.15) is 17.9 Å². The molecule has 1 aliphatic carbocycles. The van der Waals surface area contributed by atoms with Gasteiger partial charge in [-0.25, -0.2) is 0 Å². The monoisotopic (exact) mass is 282 g/mol. The van der Waals surface area contributed by atoms with Crippen molar-refractivity contribution in [2.75, 3.05) is 13.1 Å². The molecule has 0 bridgehead atoms. The van der Waals surface area contributed by atoms with Crippen molar-refractivity contribution in [1.29, 1.82) is 0 Å². The first kappa shape index (κ1) is 11.6. The lowest BCUT2D eigenvalue weighted by Crippen LogP contribution is -2.30. The van der Waals surface area contributed by atoms with E-state index >= 15 is 0 Å². The van der Waals surface area contributed by atoms with Gasteiger partial charge in [-0.1, -0.05) is 28.1 Å². The molecule has 0 spiro atoms. The number of nitrogens with two attached hydrogens (primary N) is 1. The van der Waals surface area contributed by atoms with Crippen LogP contribution in [-0.4, -0.2) is 19.0 Å². The van der Waals surface area contributed by atoms with Crippen molar-refractivity contribution in [2.45, 2.75) is 12.3 Å². The Morgan fingerprint density at radius 3 is 3.06 bits per heavy atom. The van der Waals surface area contributed by atoms with Crippen LogP contribution in [0.3, 0.4) is 0 Å². The summed E-state index contributed by atoms with van der Waals surface area (Å²) >= 11 is 3.44. The summed E-state index contributed by atoms with van der Waals surface area (Å²) in [5.74, 6) is 0.659. The van der Waals surface area contributed by atoms with Gasteiger partial charge in [-0.3, -0.25) is 4.79 Å². The second-order valence-electron chi connectivity index (χ2n) is 4.08. The minimum atomic E-state index is 0.135. The van der Waals surface area contributed by atoms with E-state index in [4.69, 9.17) is 5.73 Å². The van der Waals surface area contributed by atoms with Gasteiger partial charge in [-0.2, -0.15) is 0 Å². The molecule has 1 amide bonds. The summed E-state index contributed by atoms with van der Waals surface area (Å²) in [6.45, 7) is 1.07. The average molecular weight is 283 g/mol. The highest BCUT2D eigenvalue weighted by Gasteiger charge is 2.43. The second kappa shape index (κ2) is 4.97. The zero-order valence-corrected chi connectivity index (χ0v) is 10.5. The standard InChI is InChI=1S/C12H15BrN2O/c13-9-3-1-2-8(6-9)10-7-11(10)12(16)15-5-4-14/h1-3,6,10-11H,4-5,7,14H2,(H,15,16). The van der Waals surface area contributed by atoms with Gasteiger partial charge in [0.1, 0.15) is 0 Å². The van der Waals surface area contributed by atoms with E-state index in [1.54, 1.807) is 0 Å². The molecule has 3 nitrogen and oxygen atoms in total. The summed E-state index contributed by atoms with van der Waals surface area (Å²) in [5, 5.41) is 2.83. The first-order valence-corrected chi connectivity index (χ1v) is 6.25. The number of nitrogens with one attached hydrogen (secondary N) is 1. The van der Waals surface area contributed by atoms with Gasteiger partial charge in [-0.15, -0.1) is 0 Å². The van der Waals surface area contributed by atoms with E-state index in [9.17, 15) is 4.79 Å². The SMILES string of the molecule is NCCNC(=O)C1CC1c1cccc(Br)c1. The highest BCUT2D eigenvalue weighted by molar-refractivity contribution is 9.10. The normalized spacial score (nSPS) is 22.9. The lowest BCUT2D eigenvalue weighted by molar-refractivity contribution is -0.122. The van der Waals surface area contributed by atoms with Crippen LogP contribution < -0.4 is 11.1 Å². The van der Waals surface area contributed by atoms with Crippen molar-refractivity contribution < 1.29 is 4.79 Å². The van der Waals surface area contributed by atoms with Crippen molar-refractivity contribution >= 4 is 21.8 Å². The molecule has 2 rings (SSSR count). The van der Waals surface area contributed by atoms with Crippen LogP contribution in [-0.2, 0) is 4.79 Å². The Morgan fingerprint density at radius 1 is 1.56 bits per heavy atom. The van der Waals surface area contributed by atoms with Crippen LogP contribution in [0.5, 0.6) is 0 Å². The molecule has 4 heteroatoms. The summed E-state index contributed by atoms with van der Waals surface area (Å²) in [6.07, 6.45) is 0.951. The van der Waals surface area contributed by atoms with Gasteiger partial charge >= 0.3 is 0 Å².